The zero-order valence-electron chi connectivity index (χ0n) is 14.4. The Morgan fingerprint density at radius 1 is 0.958 bits per heavy atom. The summed E-state index contributed by atoms with van der Waals surface area (Å²) in [6.45, 7) is 6.05. The molecule has 0 aromatic heterocycles. The first-order valence-corrected chi connectivity index (χ1v) is 8.66. The van der Waals surface area contributed by atoms with E-state index >= 15 is 0 Å². The van der Waals surface area contributed by atoms with E-state index in [0.717, 1.165) is 37.1 Å². The second kappa shape index (κ2) is 7.18. The standard InChI is InChI=1S/C21H25NO2/c1-21(2,19-12-14-22-15-13-19)24-20(23)18-10-8-17(9-11-18)16-6-4-3-5-7-16/h3-11,19,22H,12-15H2,1-2H3. The monoisotopic (exact) mass is 323 g/mol. The molecule has 2 aromatic carbocycles. The molecule has 1 saturated heterocycles. The molecule has 1 heterocycles. The predicted octanol–water partition coefficient (Wildman–Crippen LogP) is 4.29. The Kier molecular flexibility index (Phi) is 5.00. The zero-order chi connectivity index (χ0) is 17.0. The van der Waals surface area contributed by atoms with Crippen LogP contribution in [0.3, 0.4) is 0 Å². The molecule has 3 nitrogen and oxygen atoms in total. The topological polar surface area (TPSA) is 38.3 Å². The van der Waals surface area contributed by atoms with Gasteiger partial charge in [0.05, 0.1) is 5.56 Å². The summed E-state index contributed by atoms with van der Waals surface area (Å²) in [6, 6.07) is 17.8. The maximum atomic E-state index is 12.5. The molecular weight excluding hydrogens is 298 g/mol. The molecule has 1 aliphatic heterocycles. The number of nitrogens with one attached hydrogen (secondary N) is 1. The quantitative estimate of drug-likeness (QED) is 0.853. The van der Waals surface area contributed by atoms with Crippen molar-refractivity contribution in [2.75, 3.05) is 13.1 Å². The van der Waals surface area contributed by atoms with E-state index in [1.165, 1.54) is 0 Å². The van der Waals surface area contributed by atoms with Crippen LogP contribution in [0.2, 0.25) is 0 Å². The second-order valence-electron chi connectivity index (χ2n) is 6.96. The van der Waals surface area contributed by atoms with Crippen molar-refractivity contribution in [3.63, 3.8) is 0 Å². The number of benzene rings is 2. The van der Waals surface area contributed by atoms with Crippen LogP contribution in [0.15, 0.2) is 54.6 Å². The number of ether oxygens (including phenoxy) is 1. The first kappa shape index (κ1) is 16.7. The SMILES string of the molecule is CC(C)(OC(=O)c1ccc(-c2ccccc2)cc1)C1CCNCC1. The van der Waals surface area contributed by atoms with E-state index in [9.17, 15) is 4.79 Å². The van der Waals surface area contributed by atoms with E-state index in [4.69, 9.17) is 4.74 Å². The molecule has 0 spiro atoms. The summed E-state index contributed by atoms with van der Waals surface area (Å²) in [5.41, 5.74) is 2.42. The summed E-state index contributed by atoms with van der Waals surface area (Å²) < 4.78 is 5.84. The fourth-order valence-corrected chi connectivity index (χ4v) is 3.33. The van der Waals surface area contributed by atoms with E-state index in [0.29, 0.717) is 11.5 Å². The molecular formula is C21H25NO2. The highest BCUT2D eigenvalue weighted by atomic mass is 16.6. The molecule has 0 saturated carbocycles. The molecule has 0 amide bonds. The molecule has 1 N–H and O–H groups in total. The van der Waals surface area contributed by atoms with Crippen LogP contribution < -0.4 is 5.32 Å². The van der Waals surface area contributed by atoms with Gasteiger partial charge < -0.3 is 10.1 Å². The van der Waals surface area contributed by atoms with Gasteiger partial charge in [0, 0.05) is 5.92 Å². The van der Waals surface area contributed by atoms with E-state index in [2.05, 4.69) is 17.4 Å². The van der Waals surface area contributed by atoms with Crippen LogP contribution in [0.1, 0.15) is 37.0 Å². The first-order chi connectivity index (χ1) is 11.6. The highest BCUT2D eigenvalue weighted by molar-refractivity contribution is 5.90. The van der Waals surface area contributed by atoms with E-state index in [1.807, 2.05) is 56.3 Å². The minimum atomic E-state index is -0.433. The average molecular weight is 323 g/mol. The molecule has 2 aromatic rings. The van der Waals surface area contributed by atoms with Crippen LogP contribution >= 0.6 is 0 Å². The molecule has 24 heavy (non-hydrogen) atoms. The number of rotatable bonds is 4. The van der Waals surface area contributed by atoms with Crippen LogP contribution in [-0.2, 0) is 4.74 Å². The first-order valence-electron chi connectivity index (χ1n) is 8.66. The van der Waals surface area contributed by atoms with E-state index in [-0.39, 0.29) is 5.97 Å². The lowest BCUT2D eigenvalue weighted by Gasteiger charge is -2.36. The van der Waals surface area contributed by atoms with Gasteiger partial charge in [-0.2, -0.15) is 0 Å². The summed E-state index contributed by atoms with van der Waals surface area (Å²) >= 11 is 0. The molecule has 3 rings (SSSR count). The molecule has 3 heteroatoms. The summed E-state index contributed by atoms with van der Waals surface area (Å²) in [6.07, 6.45) is 2.10. The van der Waals surface area contributed by atoms with Gasteiger partial charge in [-0.25, -0.2) is 4.79 Å². The zero-order valence-corrected chi connectivity index (χ0v) is 14.4. The van der Waals surface area contributed by atoms with Crippen molar-refractivity contribution in [1.29, 1.82) is 0 Å². The Bertz CT molecular complexity index is 671. The van der Waals surface area contributed by atoms with Gasteiger partial charge in [-0.3, -0.25) is 0 Å². The third-order valence-electron chi connectivity index (χ3n) is 4.91. The van der Waals surface area contributed by atoms with Gasteiger partial charge in [0.2, 0.25) is 0 Å². The Morgan fingerprint density at radius 2 is 1.54 bits per heavy atom. The van der Waals surface area contributed by atoms with Crippen LogP contribution in [0.5, 0.6) is 0 Å². The van der Waals surface area contributed by atoms with Gasteiger partial charge in [0.25, 0.3) is 0 Å². The number of carbonyl (C=O) groups excluding carboxylic acids is 1. The lowest BCUT2D eigenvalue weighted by atomic mass is 9.83. The molecule has 1 aliphatic rings. The summed E-state index contributed by atoms with van der Waals surface area (Å²) in [7, 11) is 0. The van der Waals surface area contributed by atoms with Crippen molar-refractivity contribution in [3.8, 4) is 11.1 Å². The summed E-state index contributed by atoms with van der Waals surface area (Å²) in [4.78, 5) is 12.5. The highest BCUT2D eigenvalue weighted by Crippen LogP contribution is 2.30. The van der Waals surface area contributed by atoms with Gasteiger partial charge in [-0.1, -0.05) is 42.5 Å². The van der Waals surface area contributed by atoms with Crippen molar-refractivity contribution in [2.24, 2.45) is 5.92 Å². The van der Waals surface area contributed by atoms with Gasteiger partial charge in [-0.15, -0.1) is 0 Å². The number of piperidine rings is 1. The van der Waals surface area contributed by atoms with Crippen molar-refractivity contribution in [3.05, 3.63) is 60.2 Å². The van der Waals surface area contributed by atoms with Gasteiger partial charge in [0.1, 0.15) is 5.60 Å². The Labute approximate surface area is 144 Å². The second-order valence-corrected chi connectivity index (χ2v) is 6.96. The van der Waals surface area contributed by atoms with Crippen molar-refractivity contribution in [2.45, 2.75) is 32.3 Å². The van der Waals surface area contributed by atoms with E-state index < -0.39 is 5.60 Å². The Hall–Kier alpha value is -2.13. The molecule has 0 unspecified atom stereocenters. The number of carbonyl (C=O) groups is 1. The Morgan fingerprint density at radius 3 is 2.17 bits per heavy atom. The molecule has 0 atom stereocenters. The van der Waals surface area contributed by atoms with Crippen LogP contribution in [0.4, 0.5) is 0 Å². The van der Waals surface area contributed by atoms with E-state index in [1.54, 1.807) is 0 Å². The largest absolute Gasteiger partial charge is 0.456 e. The van der Waals surface area contributed by atoms with Crippen molar-refractivity contribution in [1.82, 2.24) is 5.32 Å². The van der Waals surface area contributed by atoms with Gasteiger partial charge >= 0.3 is 5.97 Å². The maximum absolute atomic E-state index is 12.5. The summed E-state index contributed by atoms with van der Waals surface area (Å²) in [5, 5.41) is 3.35. The van der Waals surface area contributed by atoms with Crippen LogP contribution in [0.25, 0.3) is 11.1 Å². The van der Waals surface area contributed by atoms with Crippen molar-refractivity contribution < 1.29 is 9.53 Å². The van der Waals surface area contributed by atoms with Crippen molar-refractivity contribution >= 4 is 5.97 Å². The van der Waals surface area contributed by atoms with Crippen LogP contribution in [0, 0.1) is 5.92 Å². The maximum Gasteiger partial charge on any atom is 0.338 e. The average Bonchev–Trinajstić information content (AvgIpc) is 2.63. The fraction of sp³-hybridized carbons (Fsp3) is 0.381. The predicted molar refractivity (Wildman–Crippen MR) is 97.0 cm³/mol. The minimum Gasteiger partial charge on any atom is -0.456 e. The molecule has 0 bridgehead atoms. The number of hydrogen-bond donors (Lipinski definition) is 1. The van der Waals surface area contributed by atoms with Gasteiger partial charge in [-0.05, 0) is 63.0 Å². The molecule has 0 radical (unpaired) electrons. The fourth-order valence-electron chi connectivity index (χ4n) is 3.33. The van der Waals surface area contributed by atoms with Crippen LogP contribution in [-0.4, -0.2) is 24.7 Å². The number of esters is 1. The molecule has 126 valence electrons. The van der Waals surface area contributed by atoms with Gasteiger partial charge in [0.15, 0.2) is 0 Å². The highest BCUT2D eigenvalue weighted by Gasteiger charge is 2.34. The number of hydrogen-bond acceptors (Lipinski definition) is 3. The molecule has 0 aliphatic carbocycles. The third kappa shape index (κ3) is 3.85. The Balaban J connectivity index is 1.68. The summed E-state index contributed by atoms with van der Waals surface area (Å²) in [5.74, 6) is 0.171. The third-order valence-corrected chi connectivity index (χ3v) is 4.91. The lowest BCUT2D eigenvalue weighted by Crippen LogP contribution is -2.42. The normalized spacial score (nSPS) is 15.9. The smallest absolute Gasteiger partial charge is 0.338 e. The lowest BCUT2D eigenvalue weighted by molar-refractivity contribution is -0.0368. The molecule has 1 fully saturated rings. The minimum absolute atomic E-state index is 0.238.